The first-order chi connectivity index (χ1) is 11.7. The number of nitrogens with one attached hydrogen (secondary N) is 2. The normalized spacial score (nSPS) is 17.0. The lowest BCUT2D eigenvalue weighted by Crippen LogP contribution is -2.52. The molecule has 1 aliphatic heterocycles. The van der Waals surface area contributed by atoms with E-state index in [0.717, 1.165) is 18.6 Å². The van der Waals surface area contributed by atoms with Crippen LogP contribution in [0.25, 0.3) is 11.1 Å². The number of nitrogens with zero attached hydrogens (tertiary/aromatic N) is 3. The lowest BCUT2D eigenvalue weighted by atomic mass is 9.87. The standard InChI is InChI=1S/C17H19N5O2/c1-12-20-14-4-3-13(11-15(14)24-12)21-16(23)17(5-8-18-9-6-17)22-10-2-7-19-22/h2-4,7,10-11,18H,5-6,8-9H2,1H3,(H,21,23). The number of fused-ring (bicyclic) bond motifs is 1. The van der Waals surface area contributed by atoms with E-state index in [-0.39, 0.29) is 5.91 Å². The molecule has 0 saturated carbocycles. The quantitative estimate of drug-likeness (QED) is 0.770. The molecule has 1 aliphatic rings. The highest BCUT2D eigenvalue weighted by atomic mass is 16.3. The molecule has 1 aromatic carbocycles. The van der Waals surface area contributed by atoms with Crippen LogP contribution in [-0.2, 0) is 10.3 Å². The van der Waals surface area contributed by atoms with Gasteiger partial charge in [-0.3, -0.25) is 9.48 Å². The van der Waals surface area contributed by atoms with Gasteiger partial charge in [0.2, 0.25) is 0 Å². The molecule has 0 spiro atoms. The first kappa shape index (κ1) is 14.9. The molecule has 1 saturated heterocycles. The van der Waals surface area contributed by atoms with E-state index < -0.39 is 5.54 Å². The van der Waals surface area contributed by atoms with E-state index in [1.807, 2.05) is 30.5 Å². The van der Waals surface area contributed by atoms with Gasteiger partial charge in [-0.15, -0.1) is 0 Å². The molecule has 2 N–H and O–H groups in total. The number of rotatable bonds is 3. The summed E-state index contributed by atoms with van der Waals surface area (Å²) in [4.78, 5) is 17.4. The Morgan fingerprint density at radius 1 is 1.38 bits per heavy atom. The van der Waals surface area contributed by atoms with Gasteiger partial charge < -0.3 is 15.1 Å². The molecule has 3 heterocycles. The minimum absolute atomic E-state index is 0.0525. The van der Waals surface area contributed by atoms with Crippen molar-refractivity contribution in [2.45, 2.75) is 25.3 Å². The monoisotopic (exact) mass is 325 g/mol. The maximum absolute atomic E-state index is 13.1. The molecule has 7 nitrogen and oxygen atoms in total. The van der Waals surface area contributed by atoms with Gasteiger partial charge in [0.25, 0.3) is 5.91 Å². The second kappa shape index (κ2) is 5.76. The second-order valence-corrected chi connectivity index (χ2v) is 6.10. The Kier molecular flexibility index (Phi) is 3.57. The lowest BCUT2D eigenvalue weighted by molar-refractivity contribution is -0.126. The summed E-state index contributed by atoms with van der Waals surface area (Å²) in [5.41, 5.74) is 1.49. The van der Waals surface area contributed by atoms with Crippen molar-refractivity contribution in [2.75, 3.05) is 18.4 Å². The zero-order chi connectivity index (χ0) is 16.6. The number of aryl methyl sites for hydroxylation is 1. The van der Waals surface area contributed by atoms with Crippen molar-refractivity contribution in [3.05, 3.63) is 42.5 Å². The fourth-order valence-electron chi connectivity index (χ4n) is 3.29. The Morgan fingerprint density at radius 2 is 2.21 bits per heavy atom. The van der Waals surface area contributed by atoms with Gasteiger partial charge in [0, 0.05) is 31.1 Å². The van der Waals surface area contributed by atoms with Crippen LogP contribution in [0.4, 0.5) is 5.69 Å². The van der Waals surface area contributed by atoms with E-state index in [9.17, 15) is 4.79 Å². The molecule has 24 heavy (non-hydrogen) atoms. The molecule has 0 aliphatic carbocycles. The molecule has 0 atom stereocenters. The van der Waals surface area contributed by atoms with E-state index >= 15 is 0 Å². The highest BCUT2D eigenvalue weighted by Crippen LogP contribution is 2.29. The number of oxazole rings is 1. The number of amides is 1. The van der Waals surface area contributed by atoms with Gasteiger partial charge >= 0.3 is 0 Å². The largest absolute Gasteiger partial charge is 0.441 e. The maximum atomic E-state index is 13.1. The average molecular weight is 325 g/mol. The number of carbonyl (C=O) groups is 1. The van der Waals surface area contributed by atoms with Crippen LogP contribution in [0.5, 0.6) is 0 Å². The number of piperidine rings is 1. The Bertz CT molecular complexity index is 862. The predicted octanol–water partition coefficient (Wildman–Crippen LogP) is 2.05. The molecule has 1 amide bonds. The molecule has 124 valence electrons. The number of hydrogen-bond acceptors (Lipinski definition) is 5. The van der Waals surface area contributed by atoms with Gasteiger partial charge in [-0.05, 0) is 44.1 Å². The first-order valence-electron chi connectivity index (χ1n) is 8.07. The highest BCUT2D eigenvalue weighted by Gasteiger charge is 2.42. The van der Waals surface area contributed by atoms with E-state index in [2.05, 4.69) is 20.7 Å². The van der Waals surface area contributed by atoms with Crippen LogP contribution in [0.15, 0.2) is 41.1 Å². The molecule has 0 bridgehead atoms. The van der Waals surface area contributed by atoms with Crippen molar-refractivity contribution in [1.82, 2.24) is 20.1 Å². The summed E-state index contributed by atoms with van der Waals surface area (Å²) in [6.07, 6.45) is 4.96. The SMILES string of the molecule is Cc1nc2ccc(NC(=O)C3(n4cccn4)CCNCC3)cc2o1. The van der Waals surface area contributed by atoms with Crippen molar-refractivity contribution >= 4 is 22.7 Å². The van der Waals surface area contributed by atoms with Crippen LogP contribution in [-0.4, -0.2) is 33.8 Å². The zero-order valence-electron chi connectivity index (χ0n) is 13.5. The van der Waals surface area contributed by atoms with Crippen LogP contribution in [0.1, 0.15) is 18.7 Å². The zero-order valence-corrected chi connectivity index (χ0v) is 13.5. The third kappa shape index (κ3) is 2.46. The van der Waals surface area contributed by atoms with Crippen molar-refractivity contribution in [3.8, 4) is 0 Å². The van der Waals surface area contributed by atoms with Crippen LogP contribution < -0.4 is 10.6 Å². The molecule has 4 rings (SSSR count). The number of anilines is 1. The molecule has 7 heteroatoms. The van der Waals surface area contributed by atoms with Gasteiger partial charge in [0.05, 0.1) is 0 Å². The summed E-state index contributed by atoms with van der Waals surface area (Å²) in [6, 6.07) is 7.36. The summed E-state index contributed by atoms with van der Waals surface area (Å²) in [7, 11) is 0. The molecule has 0 unspecified atom stereocenters. The van der Waals surface area contributed by atoms with Crippen LogP contribution in [0.2, 0.25) is 0 Å². The maximum Gasteiger partial charge on any atom is 0.252 e. The molecule has 0 radical (unpaired) electrons. The van der Waals surface area contributed by atoms with Crippen molar-refractivity contribution < 1.29 is 9.21 Å². The smallest absolute Gasteiger partial charge is 0.252 e. The van der Waals surface area contributed by atoms with E-state index in [1.165, 1.54) is 0 Å². The third-order valence-corrected chi connectivity index (χ3v) is 4.55. The fraction of sp³-hybridized carbons (Fsp3) is 0.353. The molecular formula is C17H19N5O2. The Hall–Kier alpha value is -2.67. The second-order valence-electron chi connectivity index (χ2n) is 6.10. The van der Waals surface area contributed by atoms with Crippen molar-refractivity contribution in [1.29, 1.82) is 0 Å². The molecule has 2 aromatic heterocycles. The topological polar surface area (TPSA) is 85.0 Å². The Balaban J connectivity index is 1.64. The third-order valence-electron chi connectivity index (χ3n) is 4.55. The Labute approximate surface area is 139 Å². The summed E-state index contributed by atoms with van der Waals surface area (Å²) < 4.78 is 7.32. The number of benzene rings is 1. The van der Waals surface area contributed by atoms with Crippen molar-refractivity contribution in [3.63, 3.8) is 0 Å². The minimum Gasteiger partial charge on any atom is -0.441 e. The lowest BCUT2D eigenvalue weighted by Gasteiger charge is -2.36. The molecule has 1 fully saturated rings. The average Bonchev–Trinajstić information content (AvgIpc) is 3.24. The van der Waals surface area contributed by atoms with E-state index in [0.29, 0.717) is 30.0 Å². The predicted molar refractivity (Wildman–Crippen MR) is 89.7 cm³/mol. The summed E-state index contributed by atoms with van der Waals surface area (Å²) in [5, 5.41) is 10.7. The molecule has 3 aromatic rings. The highest BCUT2D eigenvalue weighted by molar-refractivity contribution is 5.98. The number of aromatic nitrogens is 3. The van der Waals surface area contributed by atoms with Gasteiger partial charge in [-0.1, -0.05) is 0 Å². The number of hydrogen-bond donors (Lipinski definition) is 2. The van der Waals surface area contributed by atoms with Crippen LogP contribution in [0.3, 0.4) is 0 Å². The van der Waals surface area contributed by atoms with Gasteiger partial charge in [-0.2, -0.15) is 5.10 Å². The van der Waals surface area contributed by atoms with Gasteiger partial charge in [0.1, 0.15) is 11.1 Å². The van der Waals surface area contributed by atoms with Crippen LogP contribution >= 0.6 is 0 Å². The Morgan fingerprint density at radius 3 is 2.96 bits per heavy atom. The molecular weight excluding hydrogens is 306 g/mol. The summed E-state index contributed by atoms with van der Waals surface area (Å²) in [5.74, 6) is 0.558. The summed E-state index contributed by atoms with van der Waals surface area (Å²) >= 11 is 0. The van der Waals surface area contributed by atoms with E-state index in [1.54, 1.807) is 17.8 Å². The number of carbonyl (C=O) groups excluding carboxylic acids is 1. The van der Waals surface area contributed by atoms with E-state index in [4.69, 9.17) is 4.42 Å². The summed E-state index contributed by atoms with van der Waals surface area (Å²) in [6.45, 7) is 3.38. The fourth-order valence-corrected chi connectivity index (χ4v) is 3.29. The van der Waals surface area contributed by atoms with Gasteiger partial charge in [0.15, 0.2) is 11.5 Å². The van der Waals surface area contributed by atoms with Crippen molar-refractivity contribution in [2.24, 2.45) is 0 Å². The minimum atomic E-state index is -0.666. The first-order valence-corrected chi connectivity index (χ1v) is 8.07. The van der Waals surface area contributed by atoms with Crippen LogP contribution in [0, 0.1) is 6.92 Å². The van der Waals surface area contributed by atoms with Gasteiger partial charge in [-0.25, -0.2) is 4.98 Å².